The maximum atomic E-state index is 12.2. The number of benzene rings is 2. The van der Waals surface area contributed by atoms with Crippen molar-refractivity contribution in [2.24, 2.45) is 5.92 Å². The highest BCUT2D eigenvalue weighted by atomic mass is 16.6. The highest BCUT2D eigenvalue weighted by Crippen LogP contribution is 2.24. The topological polar surface area (TPSA) is 102 Å². The van der Waals surface area contributed by atoms with E-state index in [1.165, 1.54) is 38.0 Å². The van der Waals surface area contributed by atoms with Gasteiger partial charge in [0.1, 0.15) is 0 Å². The van der Waals surface area contributed by atoms with Crippen LogP contribution in [0.4, 0.5) is 17.1 Å². The Balaban J connectivity index is 1.53. The number of carbonyl (C=O) groups is 2. The molecule has 2 aromatic rings. The zero-order valence-corrected chi connectivity index (χ0v) is 17.1. The summed E-state index contributed by atoms with van der Waals surface area (Å²) in [4.78, 5) is 37.1. The molecule has 1 N–H and O–H groups in total. The van der Waals surface area contributed by atoms with Gasteiger partial charge in [0.25, 0.3) is 11.6 Å². The fourth-order valence-electron chi connectivity index (χ4n) is 3.47. The molecule has 1 fully saturated rings. The van der Waals surface area contributed by atoms with Crippen molar-refractivity contribution < 1.29 is 19.2 Å². The van der Waals surface area contributed by atoms with E-state index in [4.69, 9.17) is 4.74 Å². The van der Waals surface area contributed by atoms with Crippen molar-refractivity contribution >= 4 is 28.9 Å². The van der Waals surface area contributed by atoms with Crippen molar-refractivity contribution in [1.82, 2.24) is 0 Å². The molecule has 1 aliphatic rings. The number of amides is 1. The van der Waals surface area contributed by atoms with Gasteiger partial charge >= 0.3 is 5.97 Å². The lowest BCUT2D eigenvalue weighted by Gasteiger charge is -2.32. The van der Waals surface area contributed by atoms with Crippen LogP contribution in [0.3, 0.4) is 0 Å². The van der Waals surface area contributed by atoms with Crippen LogP contribution in [-0.4, -0.2) is 36.5 Å². The van der Waals surface area contributed by atoms with E-state index in [1.54, 1.807) is 0 Å². The first-order valence-corrected chi connectivity index (χ1v) is 9.91. The van der Waals surface area contributed by atoms with Gasteiger partial charge in [0.15, 0.2) is 6.61 Å². The predicted molar refractivity (Wildman–Crippen MR) is 114 cm³/mol. The van der Waals surface area contributed by atoms with Crippen molar-refractivity contribution in [2.75, 3.05) is 29.9 Å². The third-order valence-electron chi connectivity index (χ3n) is 5.36. The van der Waals surface area contributed by atoms with E-state index in [0.717, 1.165) is 24.7 Å². The fourth-order valence-corrected chi connectivity index (χ4v) is 3.47. The molecule has 0 atom stereocenters. The maximum Gasteiger partial charge on any atom is 0.339 e. The van der Waals surface area contributed by atoms with E-state index in [0.29, 0.717) is 5.69 Å². The van der Waals surface area contributed by atoms with Crippen molar-refractivity contribution in [2.45, 2.75) is 26.7 Å². The second-order valence-corrected chi connectivity index (χ2v) is 7.55. The lowest BCUT2D eigenvalue weighted by molar-refractivity contribution is -0.385. The Morgan fingerprint density at radius 3 is 2.47 bits per heavy atom. The van der Waals surface area contributed by atoms with E-state index in [9.17, 15) is 19.7 Å². The lowest BCUT2D eigenvalue weighted by Crippen LogP contribution is -2.32. The highest BCUT2D eigenvalue weighted by molar-refractivity contribution is 5.96. The molecule has 0 unspecified atom stereocenters. The molecule has 1 aliphatic heterocycles. The van der Waals surface area contributed by atoms with Crippen LogP contribution in [0.25, 0.3) is 0 Å². The van der Waals surface area contributed by atoms with Gasteiger partial charge in [-0.25, -0.2) is 4.79 Å². The summed E-state index contributed by atoms with van der Waals surface area (Å²) in [6.45, 7) is 5.31. The zero-order valence-electron chi connectivity index (χ0n) is 17.1. The first-order chi connectivity index (χ1) is 14.3. The predicted octanol–water partition coefficient (Wildman–Crippen LogP) is 3.94. The molecular weight excluding hydrogens is 386 g/mol. The van der Waals surface area contributed by atoms with Gasteiger partial charge in [0.2, 0.25) is 0 Å². The molecule has 0 aliphatic carbocycles. The molecule has 158 valence electrons. The number of anilines is 2. The number of rotatable bonds is 6. The average Bonchev–Trinajstić information content (AvgIpc) is 2.73. The summed E-state index contributed by atoms with van der Waals surface area (Å²) in [6.07, 6.45) is 2.35. The van der Waals surface area contributed by atoms with Gasteiger partial charge in [-0.1, -0.05) is 13.0 Å². The molecule has 0 aromatic heterocycles. The maximum absolute atomic E-state index is 12.2. The Morgan fingerprint density at radius 1 is 1.17 bits per heavy atom. The minimum Gasteiger partial charge on any atom is -0.452 e. The van der Waals surface area contributed by atoms with Gasteiger partial charge in [0.05, 0.1) is 10.5 Å². The van der Waals surface area contributed by atoms with Crippen molar-refractivity contribution in [1.29, 1.82) is 0 Å². The largest absolute Gasteiger partial charge is 0.452 e. The number of piperidine rings is 1. The van der Waals surface area contributed by atoms with Crippen LogP contribution >= 0.6 is 0 Å². The Morgan fingerprint density at radius 2 is 1.83 bits per heavy atom. The first-order valence-electron chi connectivity index (χ1n) is 9.91. The van der Waals surface area contributed by atoms with Gasteiger partial charge in [0, 0.05) is 36.1 Å². The molecule has 0 bridgehead atoms. The van der Waals surface area contributed by atoms with Crippen LogP contribution in [0.5, 0.6) is 0 Å². The number of carbonyl (C=O) groups excluding carboxylic acids is 2. The molecular formula is C22H25N3O5. The zero-order chi connectivity index (χ0) is 21.7. The SMILES string of the molecule is Cc1c(C(=O)OCC(=O)Nc2ccc(N3CCC(C)CC3)cc2)cccc1[N+](=O)[O-]. The molecule has 30 heavy (non-hydrogen) atoms. The minimum atomic E-state index is -0.777. The van der Waals surface area contributed by atoms with Crippen LogP contribution in [0.15, 0.2) is 42.5 Å². The Kier molecular flexibility index (Phi) is 6.66. The number of nitrogens with one attached hydrogen (secondary N) is 1. The average molecular weight is 411 g/mol. The van der Waals surface area contributed by atoms with Gasteiger partial charge in [-0.05, 0) is 56.0 Å². The second-order valence-electron chi connectivity index (χ2n) is 7.55. The van der Waals surface area contributed by atoms with E-state index < -0.39 is 23.4 Å². The third-order valence-corrected chi connectivity index (χ3v) is 5.36. The van der Waals surface area contributed by atoms with Gasteiger partial charge in [-0.15, -0.1) is 0 Å². The van der Waals surface area contributed by atoms with Gasteiger partial charge in [-0.3, -0.25) is 14.9 Å². The van der Waals surface area contributed by atoms with Crippen molar-refractivity contribution in [3.63, 3.8) is 0 Å². The molecule has 0 radical (unpaired) electrons. The molecule has 0 spiro atoms. The number of nitrogens with zero attached hydrogens (tertiary/aromatic N) is 2. The summed E-state index contributed by atoms with van der Waals surface area (Å²) < 4.78 is 5.02. The molecule has 1 amide bonds. The van der Waals surface area contributed by atoms with E-state index in [-0.39, 0.29) is 16.8 Å². The third kappa shape index (κ3) is 5.14. The molecule has 3 rings (SSSR count). The van der Waals surface area contributed by atoms with Crippen LogP contribution in [-0.2, 0) is 9.53 Å². The Hall–Kier alpha value is -3.42. The molecule has 8 nitrogen and oxygen atoms in total. The summed E-state index contributed by atoms with van der Waals surface area (Å²) in [5.41, 5.74) is 1.83. The molecule has 0 saturated carbocycles. The Labute approximate surface area is 175 Å². The van der Waals surface area contributed by atoms with Crippen LogP contribution in [0.1, 0.15) is 35.7 Å². The van der Waals surface area contributed by atoms with Gasteiger partial charge < -0.3 is 15.0 Å². The van der Waals surface area contributed by atoms with Crippen molar-refractivity contribution in [3.05, 3.63) is 63.7 Å². The number of nitro benzene ring substituents is 1. The molecule has 2 aromatic carbocycles. The highest BCUT2D eigenvalue weighted by Gasteiger charge is 2.20. The molecule has 1 saturated heterocycles. The lowest BCUT2D eigenvalue weighted by atomic mass is 9.99. The fraction of sp³-hybridized carbons (Fsp3) is 0.364. The summed E-state index contributed by atoms with van der Waals surface area (Å²) in [5.74, 6) is -0.500. The summed E-state index contributed by atoms with van der Waals surface area (Å²) in [5, 5.41) is 13.7. The smallest absolute Gasteiger partial charge is 0.339 e. The summed E-state index contributed by atoms with van der Waals surface area (Å²) in [6, 6.07) is 11.7. The number of ether oxygens (including phenoxy) is 1. The molecule has 1 heterocycles. The van der Waals surface area contributed by atoms with E-state index >= 15 is 0 Å². The standard InChI is InChI=1S/C22H25N3O5/c1-15-10-12-24(13-11-15)18-8-6-17(7-9-18)23-21(26)14-30-22(27)19-4-3-5-20(16(19)2)25(28)29/h3-9,15H,10-14H2,1-2H3,(H,23,26). The number of hydrogen-bond acceptors (Lipinski definition) is 6. The normalized spacial score (nSPS) is 14.3. The monoisotopic (exact) mass is 411 g/mol. The van der Waals surface area contributed by atoms with Crippen molar-refractivity contribution in [3.8, 4) is 0 Å². The second kappa shape index (κ2) is 9.39. The number of hydrogen-bond donors (Lipinski definition) is 1. The van der Waals surface area contributed by atoms with Gasteiger partial charge in [-0.2, -0.15) is 0 Å². The summed E-state index contributed by atoms with van der Waals surface area (Å²) >= 11 is 0. The summed E-state index contributed by atoms with van der Waals surface area (Å²) in [7, 11) is 0. The van der Waals surface area contributed by atoms with Crippen LogP contribution in [0.2, 0.25) is 0 Å². The first kappa shape index (κ1) is 21.3. The van der Waals surface area contributed by atoms with E-state index in [2.05, 4.69) is 17.1 Å². The molecule has 8 heteroatoms. The minimum absolute atomic E-state index is 0.0669. The Bertz CT molecular complexity index is 934. The number of nitro groups is 1. The van der Waals surface area contributed by atoms with Crippen LogP contribution in [0, 0.1) is 23.0 Å². The van der Waals surface area contributed by atoms with E-state index in [1.807, 2.05) is 24.3 Å². The van der Waals surface area contributed by atoms with Crippen LogP contribution < -0.4 is 10.2 Å². The quantitative estimate of drug-likeness (QED) is 0.439. The number of esters is 1.